The average molecular weight is 346 g/mol. The number of para-hydroxylation sites is 1. The van der Waals surface area contributed by atoms with Gasteiger partial charge in [0.15, 0.2) is 0 Å². The molecular weight excluding hydrogens is 333 g/mol. The average Bonchev–Trinajstić information content (AvgIpc) is 2.59. The fourth-order valence-electron chi connectivity index (χ4n) is 2.72. The number of rotatable bonds is 6. The van der Waals surface area contributed by atoms with Crippen LogP contribution in [-0.2, 0) is 10.2 Å². The SMILES string of the molecule is CCC(C#N)(c1ccc(N=C=O)cc1F)c1ccccc1OC(F)F. The van der Waals surface area contributed by atoms with Gasteiger partial charge in [-0.3, -0.25) is 0 Å². The molecule has 4 nitrogen and oxygen atoms in total. The highest BCUT2D eigenvalue weighted by Gasteiger charge is 2.38. The molecule has 0 aliphatic carbocycles. The van der Waals surface area contributed by atoms with E-state index in [4.69, 9.17) is 0 Å². The Balaban J connectivity index is 2.69. The van der Waals surface area contributed by atoms with Crippen LogP contribution in [0.2, 0.25) is 0 Å². The lowest BCUT2D eigenvalue weighted by atomic mass is 9.73. The molecule has 1 atom stereocenters. The minimum Gasteiger partial charge on any atom is -0.434 e. The molecule has 0 radical (unpaired) electrons. The number of hydrogen-bond donors (Lipinski definition) is 0. The van der Waals surface area contributed by atoms with Gasteiger partial charge < -0.3 is 4.74 Å². The van der Waals surface area contributed by atoms with Crippen LogP contribution in [0.3, 0.4) is 0 Å². The molecular formula is C18H13F3N2O2. The summed E-state index contributed by atoms with van der Waals surface area (Å²) in [6.45, 7) is -1.44. The largest absolute Gasteiger partial charge is 0.434 e. The van der Waals surface area contributed by atoms with Crippen LogP contribution in [0.5, 0.6) is 5.75 Å². The van der Waals surface area contributed by atoms with Crippen molar-refractivity contribution in [2.24, 2.45) is 4.99 Å². The number of ether oxygens (including phenoxy) is 1. The fourth-order valence-corrected chi connectivity index (χ4v) is 2.72. The maximum absolute atomic E-state index is 14.6. The second-order valence-electron chi connectivity index (χ2n) is 5.11. The summed E-state index contributed by atoms with van der Waals surface area (Å²) >= 11 is 0. The quantitative estimate of drug-likeness (QED) is 0.567. The number of nitriles is 1. The van der Waals surface area contributed by atoms with E-state index in [2.05, 4.69) is 9.73 Å². The Labute approximate surface area is 142 Å². The molecule has 0 saturated carbocycles. The van der Waals surface area contributed by atoms with E-state index in [1.165, 1.54) is 36.4 Å². The van der Waals surface area contributed by atoms with Crippen molar-refractivity contribution in [3.8, 4) is 11.8 Å². The summed E-state index contributed by atoms with van der Waals surface area (Å²) in [7, 11) is 0. The molecule has 128 valence electrons. The number of carbonyl (C=O) groups excluding carboxylic acids is 1. The van der Waals surface area contributed by atoms with Crippen LogP contribution in [-0.4, -0.2) is 12.7 Å². The van der Waals surface area contributed by atoms with E-state index in [-0.39, 0.29) is 29.0 Å². The molecule has 0 aliphatic heterocycles. The monoisotopic (exact) mass is 346 g/mol. The Hall–Kier alpha value is -3.10. The second-order valence-corrected chi connectivity index (χ2v) is 5.11. The number of aliphatic imine (C=N–C) groups is 1. The second kappa shape index (κ2) is 7.65. The predicted octanol–water partition coefficient (Wildman–Crippen LogP) is 4.61. The van der Waals surface area contributed by atoms with Gasteiger partial charge in [0.25, 0.3) is 0 Å². The van der Waals surface area contributed by atoms with E-state index >= 15 is 0 Å². The number of nitrogens with zero attached hydrogens (tertiary/aromatic N) is 2. The molecule has 0 amide bonds. The summed E-state index contributed by atoms with van der Waals surface area (Å²) in [5, 5.41) is 9.79. The third-order valence-corrected chi connectivity index (χ3v) is 3.87. The zero-order valence-corrected chi connectivity index (χ0v) is 13.2. The van der Waals surface area contributed by atoms with Crippen molar-refractivity contribution in [1.82, 2.24) is 0 Å². The zero-order chi connectivity index (χ0) is 18.4. The van der Waals surface area contributed by atoms with Crippen LogP contribution < -0.4 is 4.74 Å². The van der Waals surface area contributed by atoms with Crippen LogP contribution in [0.15, 0.2) is 47.5 Å². The zero-order valence-electron chi connectivity index (χ0n) is 13.2. The van der Waals surface area contributed by atoms with Crippen molar-refractivity contribution >= 4 is 11.8 Å². The molecule has 0 bridgehead atoms. The Bertz CT molecular complexity index is 858. The van der Waals surface area contributed by atoms with Crippen LogP contribution in [0, 0.1) is 17.1 Å². The van der Waals surface area contributed by atoms with E-state index in [0.29, 0.717) is 0 Å². The molecule has 0 spiro atoms. The van der Waals surface area contributed by atoms with Gasteiger partial charge in [-0.2, -0.15) is 19.0 Å². The molecule has 2 aromatic carbocycles. The lowest BCUT2D eigenvalue weighted by Gasteiger charge is -2.28. The van der Waals surface area contributed by atoms with Crippen molar-refractivity contribution in [2.45, 2.75) is 25.4 Å². The first-order valence-electron chi connectivity index (χ1n) is 7.32. The van der Waals surface area contributed by atoms with Crippen LogP contribution in [0.1, 0.15) is 24.5 Å². The number of hydrogen-bond acceptors (Lipinski definition) is 4. The van der Waals surface area contributed by atoms with Gasteiger partial charge in [0.2, 0.25) is 6.08 Å². The topological polar surface area (TPSA) is 62.5 Å². The van der Waals surface area contributed by atoms with Gasteiger partial charge in [0, 0.05) is 17.2 Å². The predicted molar refractivity (Wildman–Crippen MR) is 83.9 cm³/mol. The van der Waals surface area contributed by atoms with Crippen LogP contribution >= 0.6 is 0 Å². The maximum atomic E-state index is 14.6. The number of benzene rings is 2. The van der Waals surface area contributed by atoms with Crippen molar-refractivity contribution < 1.29 is 22.7 Å². The summed E-state index contributed by atoms with van der Waals surface area (Å²) in [6.07, 6.45) is 1.41. The first-order chi connectivity index (χ1) is 12.0. The van der Waals surface area contributed by atoms with Gasteiger partial charge in [-0.25, -0.2) is 9.18 Å². The number of halogens is 3. The molecule has 25 heavy (non-hydrogen) atoms. The molecule has 2 aromatic rings. The summed E-state index contributed by atoms with van der Waals surface area (Å²) in [5.74, 6) is -0.984. The van der Waals surface area contributed by atoms with Gasteiger partial charge in [-0.15, -0.1) is 0 Å². The lowest BCUT2D eigenvalue weighted by Crippen LogP contribution is -2.27. The van der Waals surface area contributed by atoms with E-state index in [1.807, 2.05) is 6.07 Å². The van der Waals surface area contributed by atoms with E-state index < -0.39 is 17.8 Å². The normalized spacial score (nSPS) is 12.8. The van der Waals surface area contributed by atoms with Crippen molar-refractivity contribution in [3.05, 3.63) is 59.4 Å². The number of isocyanates is 1. The van der Waals surface area contributed by atoms with Gasteiger partial charge >= 0.3 is 6.61 Å². The third-order valence-electron chi connectivity index (χ3n) is 3.87. The molecule has 0 aromatic heterocycles. The summed E-state index contributed by atoms with van der Waals surface area (Å²) in [4.78, 5) is 13.6. The van der Waals surface area contributed by atoms with Crippen molar-refractivity contribution in [3.63, 3.8) is 0 Å². The number of alkyl halides is 2. The molecule has 0 saturated heterocycles. The van der Waals surface area contributed by atoms with Gasteiger partial charge in [-0.05, 0) is 18.6 Å². The van der Waals surface area contributed by atoms with Crippen LogP contribution in [0.4, 0.5) is 18.9 Å². The molecule has 0 aliphatic rings. The summed E-state index contributed by atoms with van der Waals surface area (Å²) in [5.41, 5.74) is -1.39. The van der Waals surface area contributed by atoms with Gasteiger partial charge in [0.1, 0.15) is 17.0 Å². The highest BCUT2D eigenvalue weighted by atomic mass is 19.3. The molecule has 1 unspecified atom stereocenters. The first kappa shape index (κ1) is 18.2. The third kappa shape index (κ3) is 3.54. The molecule has 0 N–H and O–H groups in total. The van der Waals surface area contributed by atoms with Crippen molar-refractivity contribution in [2.75, 3.05) is 0 Å². The van der Waals surface area contributed by atoms with Crippen molar-refractivity contribution in [1.29, 1.82) is 5.26 Å². The minimum atomic E-state index is -3.08. The first-order valence-corrected chi connectivity index (χ1v) is 7.32. The molecule has 7 heteroatoms. The smallest absolute Gasteiger partial charge is 0.387 e. The highest BCUT2D eigenvalue weighted by Crippen LogP contribution is 2.42. The molecule has 2 rings (SSSR count). The Kier molecular flexibility index (Phi) is 5.58. The highest BCUT2D eigenvalue weighted by molar-refractivity contribution is 5.56. The summed E-state index contributed by atoms with van der Waals surface area (Å²) < 4.78 is 44.5. The Morgan fingerprint density at radius 3 is 2.52 bits per heavy atom. The Morgan fingerprint density at radius 2 is 1.96 bits per heavy atom. The van der Waals surface area contributed by atoms with Crippen LogP contribution in [0.25, 0.3) is 0 Å². The molecule has 0 fully saturated rings. The van der Waals surface area contributed by atoms with E-state index in [1.54, 1.807) is 13.0 Å². The maximum Gasteiger partial charge on any atom is 0.387 e. The van der Waals surface area contributed by atoms with E-state index in [9.17, 15) is 23.2 Å². The van der Waals surface area contributed by atoms with Gasteiger partial charge in [0.05, 0.1) is 11.8 Å². The lowest BCUT2D eigenvalue weighted by molar-refractivity contribution is -0.0507. The van der Waals surface area contributed by atoms with Gasteiger partial charge in [-0.1, -0.05) is 31.2 Å². The van der Waals surface area contributed by atoms with E-state index in [0.717, 1.165) is 6.07 Å². The molecule has 0 heterocycles. The standard InChI is InChI=1S/C18H13F3N2O2/c1-2-18(10-22,13-8-7-12(23-11-24)9-15(13)19)14-5-3-4-6-16(14)25-17(20)21/h3-9,17H,2H2,1H3. The summed E-state index contributed by atoms with van der Waals surface area (Å²) in [6, 6.07) is 11.4. The fraction of sp³-hybridized carbons (Fsp3) is 0.222. The Morgan fingerprint density at radius 1 is 1.24 bits per heavy atom. The minimum absolute atomic E-state index is 0.0207.